The first kappa shape index (κ1) is 16.9. The molecule has 1 aromatic rings. The number of nitrogens with one attached hydrogen (secondary N) is 1. The number of nitrogens with two attached hydrogens (primary N) is 1. The monoisotopic (exact) mass is 299 g/mol. The van der Waals surface area contributed by atoms with Crippen molar-refractivity contribution in [2.45, 2.75) is 19.6 Å². The van der Waals surface area contributed by atoms with Crippen molar-refractivity contribution in [3.8, 4) is 0 Å². The van der Waals surface area contributed by atoms with Crippen LogP contribution in [0.3, 0.4) is 0 Å². The fourth-order valence-electron chi connectivity index (χ4n) is 2.17. The molecule has 0 amide bonds. The molecule has 0 aliphatic heterocycles. The average molecular weight is 299 g/mol. The van der Waals surface area contributed by atoms with Crippen LogP contribution < -0.4 is 10.5 Å². The van der Waals surface area contributed by atoms with Gasteiger partial charge in [0.15, 0.2) is 0 Å². The van der Waals surface area contributed by atoms with E-state index in [0.717, 1.165) is 6.54 Å². The Labute approximate surface area is 122 Å². The smallest absolute Gasteiger partial charge is 0.215 e. The van der Waals surface area contributed by atoms with Crippen LogP contribution in [-0.4, -0.2) is 40.5 Å². The summed E-state index contributed by atoms with van der Waals surface area (Å²) in [5.41, 5.74) is 6.81. The van der Waals surface area contributed by atoms with Gasteiger partial charge in [-0.2, -0.15) is 0 Å². The van der Waals surface area contributed by atoms with Crippen LogP contribution in [0.2, 0.25) is 0 Å². The van der Waals surface area contributed by atoms with Crippen LogP contribution in [-0.2, 0) is 15.8 Å². The summed E-state index contributed by atoms with van der Waals surface area (Å²) in [6, 6.07) is 6.95. The Morgan fingerprint density at radius 3 is 2.50 bits per heavy atom. The Morgan fingerprint density at radius 2 is 1.95 bits per heavy atom. The van der Waals surface area contributed by atoms with E-state index in [-0.39, 0.29) is 11.2 Å². The van der Waals surface area contributed by atoms with E-state index in [1.807, 2.05) is 32.8 Å². The molecule has 114 valence electrons. The minimum Gasteiger partial charge on any atom is -0.399 e. The maximum absolute atomic E-state index is 12.1. The first-order chi connectivity index (χ1) is 9.10. The second-order valence-corrected chi connectivity index (χ2v) is 8.03. The summed E-state index contributed by atoms with van der Waals surface area (Å²) in [7, 11) is 0.606. The number of rotatable bonds is 7. The lowest BCUT2D eigenvalue weighted by Crippen LogP contribution is -2.40. The molecule has 0 radical (unpaired) electrons. The fraction of sp³-hybridized carbons (Fsp3) is 0.571. The molecule has 0 spiro atoms. The quantitative estimate of drug-likeness (QED) is 0.744. The van der Waals surface area contributed by atoms with Crippen molar-refractivity contribution in [3.05, 3.63) is 29.8 Å². The summed E-state index contributed by atoms with van der Waals surface area (Å²) < 4.78 is 26.8. The SMILES string of the molecule is CN(C)CC(C)(C)CNS(=O)(=O)Cc1cccc(N)c1. The number of benzene rings is 1. The van der Waals surface area contributed by atoms with Crippen LogP contribution in [0.15, 0.2) is 24.3 Å². The van der Waals surface area contributed by atoms with Gasteiger partial charge in [-0.25, -0.2) is 13.1 Å². The highest BCUT2D eigenvalue weighted by Gasteiger charge is 2.22. The van der Waals surface area contributed by atoms with Gasteiger partial charge in [0.2, 0.25) is 10.0 Å². The van der Waals surface area contributed by atoms with Gasteiger partial charge >= 0.3 is 0 Å². The molecule has 0 heterocycles. The standard InChI is InChI=1S/C14H25N3O2S/c1-14(2,11-17(3)4)10-16-20(18,19)9-12-6-5-7-13(15)8-12/h5-8,16H,9-11,15H2,1-4H3. The zero-order chi connectivity index (χ0) is 15.4. The number of nitrogens with zero attached hydrogens (tertiary/aromatic N) is 1. The molecule has 0 atom stereocenters. The lowest BCUT2D eigenvalue weighted by molar-refractivity contribution is 0.242. The van der Waals surface area contributed by atoms with Gasteiger partial charge in [-0.15, -0.1) is 0 Å². The molecule has 0 aliphatic carbocycles. The van der Waals surface area contributed by atoms with Crippen molar-refractivity contribution in [1.82, 2.24) is 9.62 Å². The molecule has 20 heavy (non-hydrogen) atoms. The minimum absolute atomic E-state index is 0.0456. The summed E-state index contributed by atoms with van der Waals surface area (Å²) in [6.07, 6.45) is 0. The molecule has 1 aromatic carbocycles. The van der Waals surface area contributed by atoms with Crippen molar-refractivity contribution in [2.24, 2.45) is 5.41 Å². The molecule has 3 N–H and O–H groups in total. The number of sulfonamides is 1. The lowest BCUT2D eigenvalue weighted by Gasteiger charge is -2.28. The Hall–Kier alpha value is -1.11. The Morgan fingerprint density at radius 1 is 1.30 bits per heavy atom. The molecule has 1 rings (SSSR count). The summed E-state index contributed by atoms with van der Waals surface area (Å²) in [5, 5.41) is 0. The normalized spacial score (nSPS) is 12.8. The topological polar surface area (TPSA) is 75.4 Å². The van der Waals surface area contributed by atoms with E-state index in [4.69, 9.17) is 5.73 Å². The average Bonchev–Trinajstić information content (AvgIpc) is 2.24. The van der Waals surface area contributed by atoms with Crippen molar-refractivity contribution in [3.63, 3.8) is 0 Å². The van der Waals surface area contributed by atoms with Crippen LogP contribution in [0.4, 0.5) is 5.69 Å². The third-order valence-electron chi connectivity index (χ3n) is 2.82. The number of hydrogen-bond acceptors (Lipinski definition) is 4. The Balaban J connectivity index is 2.62. The van der Waals surface area contributed by atoms with E-state index in [2.05, 4.69) is 4.72 Å². The first-order valence-electron chi connectivity index (χ1n) is 6.56. The predicted octanol–water partition coefficient (Wildman–Crippen LogP) is 1.28. The van der Waals surface area contributed by atoms with Gasteiger partial charge in [-0.1, -0.05) is 26.0 Å². The molecule has 6 heteroatoms. The van der Waals surface area contributed by atoms with Gasteiger partial charge in [0, 0.05) is 18.8 Å². The molecule has 0 aliphatic rings. The third-order valence-corrected chi connectivity index (χ3v) is 4.12. The predicted molar refractivity (Wildman–Crippen MR) is 83.8 cm³/mol. The van der Waals surface area contributed by atoms with Crippen LogP contribution in [0.5, 0.6) is 0 Å². The zero-order valence-electron chi connectivity index (χ0n) is 12.7. The van der Waals surface area contributed by atoms with Gasteiger partial charge in [0.1, 0.15) is 0 Å². The van der Waals surface area contributed by atoms with E-state index >= 15 is 0 Å². The second kappa shape index (κ2) is 6.56. The molecule has 5 nitrogen and oxygen atoms in total. The summed E-state index contributed by atoms with van der Waals surface area (Å²) in [6.45, 7) is 5.30. The van der Waals surface area contributed by atoms with Crippen LogP contribution >= 0.6 is 0 Å². The van der Waals surface area contributed by atoms with Gasteiger partial charge in [-0.05, 0) is 37.2 Å². The van der Waals surface area contributed by atoms with Crippen molar-refractivity contribution < 1.29 is 8.42 Å². The van der Waals surface area contributed by atoms with E-state index in [1.165, 1.54) is 0 Å². The molecular weight excluding hydrogens is 274 g/mol. The van der Waals surface area contributed by atoms with Crippen molar-refractivity contribution in [1.29, 1.82) is 0 Å². The van der Waals surface area contributed by atoms with Crippen molar-refractivity contribution >= 4 is 15.7 Å². The minimum atomic E-state index is -3.34. The lowest BCUT2D eigenvalue weighted by atomic mass is 9.93. The van der Waals surface area contributed by atoms with Gasteiger partial charge < -0.3 is 10.6 Å². The highest BCUT2D eigenvalue weighted by molar-refractivity contribution is 7.88. The largest absolute Gasteiger partial charge is 0.399 e. The third kappa shape index (κ3) is 6.36. The summed E-state index contributed by atoms with van der Waals surface area (Å²) in [4.78, 5) is 2.05. The zero-order valence-corrected chi connectivity index (χ0v) is 13.5. The molecule has 0 saturated carbocycles. The second-order valence-electron chi connectivity index (χ2n) is 6.23. The summed E-state index contributed by atoms with van der Waals surface area (Å²) >= 11 is 0. The van der Waals surface area contributed by atoms with Crippen LogP contribution in [0.1, 0.15) is 19.4 Å². The van der Waals surface area contributed by atoms with Crippen LogP contribution in [0, 0.1) is 5.41 Å². The van der Waals surface area contributed by atoms with E-state index in [0.29, 0.717) is 17.8 Å². The first-order valence-corrected chi connectivity index (χ1v) is 8.21. The maximum atomic E-state index is 12.1. The van der Waals surface area contributed by atoms with E-state index in [1.54, 1.807) is 24.3 Å². The van der Waals surface area contributed by atoms with E-state index in [9.17, 15) is 8.42 Å². The maximum Gasteiger partial charge on any atom is 0.215 e. The number of hydrogen-bond donors (Lipinski definition) is 2. The molecule has 0 bridgehead atoms. The molecule has 0 saturated heterocycles. The number of nitrogen functional groups attached to an aromatic ring is 1. The van der Waals surface area contributed by atoms with E-state index < -0.39 is 10.0 Å². The Kier molecular flexibility index (Phi) is 5.56. The molecule has 0 unspecified atom stereocenters. The van der Waals surface area contributed by atoms with Crippen LogP contribution in [0.25, 0.3) is 0 Å². The van der Waals surface area contributed by atoms with Gasteiger partial charge in [-0.3, -0.25) is 0 Å². The highest BCUT2D eigenvalue weighted by Crippen LogP contribution is 2.16. The molecule has 0 aromatic heterocycles. The van der Waals surface area contributed by atoms with Gasteiger partial charge in [0.05, 0.1) is 5.75 Å². The Bertz CT molecular complexity index is 539. The summed E-state index contributed by atoms with van der Waals surface area (Å²) in [5.74, 6) is -0.0456. The molecular formula is C14H25N3O2S. The highest BCUT2D eigenvalue weighted by atomic mass is 32.2. The fourth-order valence-corrected chi connectivity index (χ4v) is 3.50. The van der Waals surface area contributed by atoms with Gasteiger partial charge in [0.25, 0.3) is 0 Å². The van der Waals surface area contributed by atoms with Crippen molar-refractivity contribution in [2.75, 3.05) is 32.9 Å². The number of anilines is 1. The molecule has 0 fully saturated rings.